The molecule has 24 heavy (non-hydrogen) atoms. The quantitative estimate of drug-likeness (QED) is 0.694. The highest BCUT2D eigenvalue weighted by Crippen LogP contribution is 2.26. The second-order valence-electron chi connectivity index (χ2n) is 6.37. The van der Waals surface area contributed by atoms with Gasteiger partial charge in [0.15, 0.2) is 0 Å². The molecule has 0 spiro atoms. The normalized spacial score (nSPS) is 15.6. The van der Waals surface area contributed by atoms with E-state index in [1.54, 1.807) is 11.3 Å². The molecule has 0 saturated carbocycles. The SMILES string of the molecule is c1ccc(CC2CCN(c3nccc(-c4ccsc4)n3)CC2)cc1. The lowest BCUT2D eigenvalue weighted by atomic mass is 9.90. The third-order valence-corrected chi connectivity index (χ3v) is 5.41. The fraction of sp³-hybridized carbons (Fsp3) is 0.300. The summed E-state index contributed by atoms with van der Waals surface area (Å²) in [5.41, 5.74) is 3.65. The Morgan fingerprint density at radius 3 is 2.62 bits per heavy atom. The number of nitrogens with zero attached hydrogens (tertiary/aromatic N) is 3. The molecular formula is C20H21N3S. The average Bonchev–Trinajstić information content (AvgIpc) is 3.18. The summed E-state index contributed by atoms with van der Waals surface area (Å²) in [6.07, 6.45) is 5.48. The number of anilines is 1. The Morgan fingerprint density at radius 1 is 1.04 bits per heavy atom. The van der Waals surface area contributed by atoms with Crippen molar-refractivity contribution in [3.05, 3.63) is 65.0 Å². The molecule has 1 aliphatic heterocycles. The van der Waals surface area contributed by atoms with Crippen LogP contribution in [0, 0.1) is 5.92 Å². The zero-order chi connectivity index (χ0) is 16.2. The second kappa shape index (κ2) is 7.14. The number of aromatic nitrogens is 2. The van der Waals surface area contributed by atoms with Gasteiger partial charge >= 0.3 is 0 Å². The Morgan fingerprint density at radius 2 is 1.88 bits per heavy atom. The molecule has 0 amide bonds. The van der Waals surface area contributed by atoms with Crippen molar-refractivity contribution >= 4 is 17.3 Å². The molecule has 0 aliphatic carbocycles. The van der Waals surface area contributed by atoms with Crippen LogP contribution in [0.25, 0.3) is 11.3 Å². The minimum absolute atomic E-state index is 0.767. The third-order valence-electron chi connectivity index (χ3n) is 4.72. The van der Waals surface area contributed by atoms with Gasteiger partial charge in [-0.15, -0.1) is 0 Å². The smallest absolute Gasteiger partial charge is 0.225 e. The first kappa shape index (κ1) is 15.3. The Hall–Kier alpha value is -2.20. The summed E-state index contributed by atoms with van der Waals surface area (Å²) >= 11 is 1.70. The monoisotopic (exact) mass is 335 g/mol. The summed E-state index contributed by atoms with van der Waals surface area (Å²) in [7, 11) is 0. The van der Waals surface area contributed by atoms with Gasteiger partial charge in [0, 0.05) is 30.2 Å². The maximum atomic E-state index is 4.77. The Bertz CT molecular complexity index is 763. The summed E-state index contributed by atoms with van der Waals surface area (Å²) in [5.74, 6) is 1.64. The van der Waals surface area contributed by atoms with Crippen molar-refractivity contribution < 1.29 is 0 Å². The molecule has 3 nitrogen and oxygen atoms in total. The number of benzene rings is 1. The van der Waals surface area contributed by atoms with E-state index in [0.29, 0.717) is 0 Å². The predicted octanol–water partition coefficient (Wildman–Crippen LogP) is 4.66. The van der Waals surface area contributed by atoms with E-state index >= 15 is 0 Å². The molecule has 2 aromatic heterocycles. The van der Waals surface area contributed by atoms with Gasteiger partial charge in [-0.2, -0.15) is 11.3 Å². The molecule has 4 heteroatoms. The highest BCUT2D eigenvalue weighted by atomic mass is 32.1. The van der Waals surface area contributed by atoms with E-state index < -0.39 is 0 Å². The number of rotatable bonds is 4. The van der Waals surface area contributed by atoms with Crippen molar-refractivity contribution in [2.75, 3.05) is 18.0 Å². The van der Waals surface area contributed by atoms with Gasteiger partial charge < -0.3 is 4.90 Å². The lowest BCUT2D eigenvalue weighted by Crippen LogP contribution is -2.35. The fourth-order valence-electron chi connectivity index (χ4n) is 3.36. The van der Waals surface area contributed by atoms with Gasteiger partial charge in [0.05, 0.1) is 5.69 Å². The lowest BCUT2D eigenvalue weighted by molar-refractivity contribution is 0.400. The number of hydrogen-bond acceptors (Lipinski definition) is 4. The van der Waals surface area contributed by atoms with Crippen molar-refractivity contribution in [1.29, 1.82) is 0 Å². The van der Waals surface area contributed by atoms with Crippen LogP contribution in [0.5, 0.6) is 0 Å². The largest absolute Gasteiger partial charge is 0.341 e. The van der Waals surface area contributed by atoms with Crippen LogP contribution in [0.3, 0.4) is 0 Å². The van der Waals surface area contributed by atoms with E-state index in [4.69, 9.17) is 4.98 Å². The van der Waals surface area contributed by atoms with Gasteiger partial charge in [0.25, 0.3) is 0 Å². The maximum Gasteiger partial charge on any atom is 0.225 e. The molecular weight excluding hydrogens is 314 g/mol. The van der Waals surface area contributed by atoms with E-state index in [1.165, 1.54) is 30.4 Å². The summed E-state index contributed by atoms with van der Waals surface area (Å²) in [6.45, 7) is 2.09. The minimum atomic E-state index is 0.767. The van der Waals surface area contributed by atoms with E-state index in [9.17, 15) is 0 Å². The molecule has 1 aromatic carbocycles. The van der Waals surface area contributed by atoms with Crippen molar-refractivity contribution in [3.63, 3.8) is 0 Å². The molecule has 0 N–H and O–H groups in total. The molecule has 0 unspecified atom stereocenters. The first-order valence-electron chi connectivity index (χ1n) is 8.53. The lowest BCUT2D eigenvalue weighted by Gasteiger charge is -2.32. The Balaban J connectivity index is 1.40. The highest BCUT2D eigenvalue weighted by molar-refractivity contribution is 7.08. The highest BCUT2D eigenvalue weighted by Gasteiger charge is 2.21. The van der Waals surface area contributed by atoms with Crippen LogP contribution in [0.15, 0.2) is 59.4 Å². The first-order valence-corrected chi connectivity index (χ1v) is 9.47. The van der Waals surface area contributed by atoms with Gasteiger partial charge in [-0.1, -0.05) is 30.3 Å². The van der Waals surface area contributed by atoms with E-state index in [1.807, 2.05) is 12.3 Å². The molecule has 4 rings (SSSR count). The van der Waals surface area contributed by atoms with E-state index in [-0.39, 0.29) is 0 Å². The summed E-state index contributed by atoms with van der Waals surface area (Å²) in [4.78, 5) is 11.6. The van der Waals surface area contributed by atoms with Crippen LogP contribution in [-0.2, 0) is 6.42 Å². The topological polar surface area (TPSA) is 29.0 Å². The first-order chi connectivity index (χ1) is 11.9. The van der Waals surface area contributed by atoms with E-state index in [2.05, 4.69) is 57.0 Å². The molecule has 1 fully saturated rings. The summed E-state index contributed by atoms with van der Waals surface area (Å²) in [6, 6.07) is 14.9. The summed E-state index contributed by atoms with van der Waals surface area (Å²) < 4.78 is 0. The molecule has 122 valence electrons. The van der Waals surface area contributed by atoms with Crippen LogP contribution in [-0.4, -0.2) is 23.1 Å². The molecule has 3 aromatic rings. The molecule has 1 aliphatic rings. The average molecular weight is 335 g/mol. The standard InChI is InChI=1S/C20H21N3S/c1-2-4-16(5-3-1)14-17-7-11-23(12-8-17)20-21-10-6-19(22-20)18-9-13-24-15-18/h1-6,9-10,13,15,17H,7-8,11-12,14H2. The number of hydrogen-bond donors (Lipinski definition) is 0. The Labute approximate surface area is 147 Å². The summed E-state index contributed by atoms with van der Waals surface area (Å²) in [5, 5.41) is 4.23. The van der Waals surface area contributed by atoms with Crippen LogP contribution >= 0.6 is 11.3 Å². The number of piperidine rings is 1. The molecule has 3 heterocycles. The van der Waals surface area contributed by atoms with E-state index in [0.717, 1.165) is 30.6 Å². The van der Waals surface area contributed by atoms with Crippen LogP contribution in [0.1, 0.15) is 18.4 Å². The predicted molar refractivity (Wildman–Crippen MR) is 100 cm³/mol. The van der Waals surface area contributed by atoms with Gasteiger partial charge in [-0.05, 0) is 48.3 Å². The number of thiophene rings is 1. The van der Waals surface area contributed by atoms with Crippen LogP contribution < -0.4 is 4.90 Å². The minimum Gasteiger partial charge on any atom is -0.341 e. The third kappa shape index (κ3) is 3.49. The maximum absolute atomic E-state index is 4.77. The second-order valence-corrected chi connectivity index (χ2v) is 7.15. The van der Waals surface area contributed by atoms with Crippen molar-refractivity contribution in [1.82, 2.24) is 9.97 Å². The van der Waals surface area contributed by atoms with Crippen molar-refractivity contribution in [2.45, 2.75) is 19.3 Å². The van der Waals surface area contributed by atoms with Crippen molar-refractivity contribution in [3.8, 4) is 11.3 Å². The Kier molecular flexibility index (Phi) is 4.56. The molecule has 0 bridgehead atoms. The zero-order valence-corrected chi connectivity index (χ0v) is 14.5. The molecule has 1 saturated heterocycles. The van der Waals surface area contributed by atoms with Gasteiger partial charge in [0.2, 0.25) is 5.95 Å². The van der Waals surface area contributed by atoms with Crippen LogP contribution in [0.4, 0.5) is 5.95 Å². The van der Waals surface area contributed by atoms with Crippen LogP contribution in [0.2, 0.25) is 0 Å². The molecule has 0 atom stereocenters. The van der Waals surface area contributed by atoms with Gasteiger partial charge in [-0.25, -0.2) is 9.97 Å². The zero-order valence-electron chi connectivity index (χ0n) is 13.6. The fourth-order valence-corrected chi connectivity index (χ4v) is 4.01. The van der Waals surface area contributed by atoms with Gasteiger partial charge in [-0.3, -0.25) is 0 Å². The molecule has 0 radical (unpaired) electrons. The van der Waals surface area contributed by atoms with Gasteiger partial charge in [0.1, 0.15) is 0 Å². The van der Waals surface area contributed by atoms with Crippen molar-refractivity contribution in [2.24, 2.45) is 5.92 Å².